The summed E-state index contributed by atoms with van der Waals surface area (Å²) in [4.78, 5) is 37.7. The summed E-state index contributed by atoms with van der Waals surface area (Å²) in [6.07, 6.45) is 5.59. The molecule has 2 atom stereocenters. The number of methoxy groups -OCH3 is 1. The van der Waals surface area contributed by atoms with Crippen molar-refractivity contribution in [2.24, 2.45) is 5.92 Å². The van der Waals surface area contributed by atoms with Gasteiger partial charge in [0.25, 0.3) is 11.8 Å². The third-order valence-electron chi connectivity index (χ3n) is 5.42. The van der Waals surface area contributed by atoms with Crippen molar-refractivity contribution < 1.29 is 23.9 Å². The highest BCUT2D eigenvalue weighted by atomic mass is 16.5. The van der Waals surface area contributed by atoms with Crippen LogP contribution in [0.2, 0.25) is 0 Å². The minimum atomic E-state index is -0.917. The van der Waals surface area contributed by atoms with Crippen molar-refractivity contribution in [2.75, 3.05) is 7.11 Å². The van der Waals surface area contributed by atoms with E-state index in [-0.39, 0.29) is 23.8 Å². The number of esters is 1. The summed E-state index contributed by atoms with van der Waals surface area (Å²) < 4.78 is 10.5. The second-order valence-corrected chi connectivity index (χ2v) is 8.20. The molecule has 0 aliphatic heterocycles. The largest absolute Gasteiger partial charge is 0.497 e. The van der Waals surface area contributed by atoms with Crippen molar-refractivity contribution in [3.63, 3.8) is 0 Å². The lowest BCUT2D eigenvalue weighted by Crippen LogP contribution is -2.48. The molecule has 1 saturated carbocycles. The van der Waals surface area contributed by atoms with E-state index in [9.17, 15) is 14.4 Å². The molecule has 2 rings (SSSR count). The lowest BCUT2D eigenvalue weighted by atomic mass is 10.0. The normalized spacial score (nSPS) is 16.8. The number of ether oxygens (including phenoxy) is 2. The van der Waals surface area contributed by atoms with Gasteiger partial charge in [-0.05, 0) is 49.9 Å². The average Bonchev–Trinajstić information content (AvgIpc) is 3.00. The number of amides is 2. The number of carbonyl (C=O) groups is 3. The van der Waals surface area contributed by atoms with Gasteiger partial charge in [-0.1, -0.05) is 39.5 Å². The van der Waals surface area contributed by atoms with Crippen LogP contribution in [-0.2, 0) is 14.3 Å². The predicted octanol–water partition coefficient (Wildman–Crippen LogP) is 3.22. The van der Waals surface area contributed by atoms with E-state index in [1.807, 2.05) is 13.8 Å². The molecule has 0 heterocycles. The molecule has 0 unspecified atom stereocenters. The Morgan fingerprint density at radius 1 is 0.967 bits per heavy atom. The minimum absolute atomic E-state index is 0.136. The Hall–Kier alpha value is -2.57. The summed E-state index contributed by atoms with van der Waals surface area (Å²) in [5, 5.41) is 5.71. The van der Waals surface area contributed by atoms with Crippen molar-refractivity contribution in [1.29, 1.82) is 0 Å². The summed E-state index contributed by atoms with van der Waals surface area (Å²) in [6.45, 7) is 5.19. The zero-order chi connectivity index (χ0) is 22.1. The zero-order valence-corrected chi connectivity index (χ0v) is 18.4. The number of rotatable bonds is 8. The first-order valence-electron chi connectivity index (χ1n) is 10.8. The predicted molar refractivity (Wildman–Crippen MR) is 114 cm³/mol. The summed E-state index contributed by atoms with van der Waals surface area (Å²) in [6, 6.07) is 5.89. The first kappa shape index (κ1) is 23.7. The van der Waals surface area contributed by atoms with Gasteiger partial charge < -0.3 is 20.1 Å². The fraction of sp³-hybridized carbons (Fsp3) is 0.609. The third-order valence-corrected chi connectivity index (χ3v) is 5.42. The Kier molecular flexibility index (Phi) is 9.15. The van der Waals surface area contributed by atoms with Crippen LogP contribution >= 0.6 is 0 Å². The molecule has 7 heteroatoms. The SMILES string of the molecule is COc1ccc(C(=O)N[C@H](C(=O)O[C@@H](C)C(=O)NC2CCCCCC2)C(C)C)cc1. The minimum Gasteiger partial charge on any atom is -0.497 e. The van der Waals surface area contributed by atoms with E-state index in [0.717, 1.165) is 25.7 Å². The third kappa shape index (κ3) is 7.04. The molecule has 1 aliphatic carbocycles. The van der Waals surface area contributed by atoms with Gasteiger partial charge in [0.05, 0.1) is 7.11 Å². The Bertz CT molecular complexity index is 709. The molecule has 1 aliphatic rings. The van der Waals surface area contributed by atoms with E-state index in [4.69, 9.17) is 9.47 Å². The van der Waals surface area contributed by atoms with Crippen LogP contribution in [0.3, 0.4) is 0 Å². The lowest BCUT2D eigenvalue weighted by molar-refractivity contribution is -0.157. The van der Waals surface area contributed by atoms with Crippen LogP contribution in [-0.4, -0.2) is 43.1 Å². The molecule has 2 N–H and O–H groups in total. The molecule has 30 heavy (non-hydrogen) atoms. The van der Waals surface area contributed by atoms with E-state index in [0.29, 0.717) is 11.3 Å². The molecular formula is C23H34N2O5. The van der Waals surface area contributed by atoms with Crippen LogP contribution in [0.15, 0.2) is 24.3 Å². The second kappa shape index (κ2) is 11.6. The molecule has 0 radical (unpaired) electrons. The van der Waals surface area contributed by atoms with Gasteiger partial charge in [-0.3, -0.25) is 9.59 Å². The molecule has 1 fully saturated rings. The molecule has 0 spiro atoms. The summed E-state index contributed by atoms with van der Waals surface area (Å²) in [7, 11) is 1.55. The summed E-state index contributed by atoms with van der Waals surface area (Å²) in [5.74, 6) is -0.852. The quantitative estimate of drug-likeness (QED) is 0.499. The first-order chi connectivity index (χ1) is 14.3. The molecule has 166 valence electrons. The van der Waals surface area contributed by atoms with Gasteiger partial charge >= 0.3 is 5.97 Å². The molecule has 0 bridgehead atoms. The Balaban J connectivity index is 1.93. The van der Waals surface area contributed by atoms with Gasteiger partial charge in [-0.2, -0.15) is 0 Å². The maximum Gasteiger partial charge on any atom is 0.329 e. The average molecular weight is 419 g/mol. The number of hydrogen-bond donors (Lipinski definition) is 2. The van der Waals surface area contributed by atoms with Gasteiger partial charge in [0, 0.05) is 11.6 Å². The topological polar surface area (TPSA) is 93.7 Å². The van der Waals surface area contributed by atoms with E-state index in [1.165, 1.54) is 12.8 Å². The van der Waals surface area contributed by atoms with Gasteiger partial charge in [0.1, 0.15) is 11.8 Å². The van der Waals surface area contributed by atoms with Crippen molar-refractivity contribution in [3.05, 3.63) is 29.8 Å². The highest BCUT2D eigenvalue weighted by Gasteiger charge is 2.30. The molecule has 1 aromatic carbocycles. The number of nitrogens with one attached hydrogen (secondary N) is 2. The van der Waals surface area contributed by atoms with Gasteiger partial charge in [-0.15, -0.1) is 0 Å². The van der Waals surface area contributed by atoms with E-state index in [2.05, 4.69) is 10.6 Å². The van der Waals surface area contributed by atoms with E-state index >= 15 is 0 Å². The molecule has 0 aromatic heterocycles. The van der Waals surface area contributed by atoms with Crippen LogP contribution in [0, 0.1) is 5.92 Å². The van der Waals surface area contributed by atoms with Crippen LogP contribution in [0.4, 0.5) is 0 Å². The van der Waals surface area contributed by atoms with Gasteiger partial charge in [-0.25, -0.2) is 4.79 Å². The van der Waals surface area contributed by atoms with E-state index < -0.39 is 18.1 Å². The highest BCUT2D eigenvalue weighted by Crippen LogP contribution is 2.18. The van der Waals surface area contributed by atoms with Crippen LogP contribution in [0.5, 0.6) is 5.75 Å². The second-order valence-electron chi connectivity index (χ2n) is 8.20. The molecule has 1 aromatic rings. The summed E-state index contributed by atoms with van der Waals surface area (Å²) in [5.41, 5.74) is 0.411. The number of hydrogen-bond acceptors (Lipinski definition) is 5. The molecule has 7 nitrogen and oxygen atoms in total. The number of benzene rings is 1. The molecule has 2 amide bonds. The standard InChI is InChI=1S/C23H34N2O5/c1-15(2)20(25-22(27)17-11-13-19(29-4)14-12-17)23(28)30-16(3)21(26)24-18-9-7-5-6-8-10-18/h11-16,18,20H,5-10H2,1-4H3,(H,24,26)(H,25,27)/t16-,20-/m0/s1. The molecule has 0 saturated heterocycles. The maximum atomic E-state index is 12.7. The zero-order valence-electron chi connectivity index (χ0n) is 18.4. The van der Waals surface area contributed by atoms with Crippen LogP contribution in [0.1, 0.15) is 69.7 Å². The van der Waals surface area contributed by atoms with E-state index in [1.54, 1.807) is 38.3 Å². The van der Waals surface area contributed by atoms with Crippen molar-refractivity contribution in [1.82, 2.24) is 10.6 Å². The maximum absolute atomic E-state index is 12.7. The number of carbonyl (C=O) groups excluding carboxylic acids is 3. The van der Waals surface area contributed by atoms with Crippen molar-refractivity contribution >= 4 is 17.8 Å². The first-order valence-corrected chi connectivity index (χ1v) is 10.8. The lowest BCUT2D eigenvalue weighted by Gasteiger charge is -2.24. The Morgan fingerprint density at radius 3 is 2.10 bits per heavy atom. The van der Waals surface area contributed by atoms with Crippen LogP contribution in [0.25, 0.3) is 0 Å². The summed E-state index contributed by atoms with van der Waals surface area (Å²) >= 11 is 0. The molecular weight excluding hydrogens is 384 g/mol. The monoisotopic (exact) mass is 418 g/mol. The Labute approximate surface area is 178 Å². The highest BCUT2D eigenvalue weighted by molar-refractivity contribution is 5.97. The van der Waals surface area contributed by atoms with Crippen LogP contribution < -0.4 is 15.4 Å². The van der Waals surface area contributed by atoms with Gasteiger partial charge in [0.2, 0.25) is 0 Å². The fourth-order valence-electron chi connectivity index (χ4n) is 3.51. The van der Waals surface area contributed by atoms with Crippen molar-refractivity contribution in [3.8, 4) is 5.75 Å². The van der Waals surface area contributed by atoms with Crippen molar-refractivity contribution in [2.45, 2.75) is 77.5 Å². The smallest absolute Gasteiger partial charge is 0.329 e. The Morgan fingerprint density at radius 2 is 1.57 bits per heavy atom. The van der Waals surface area contributed by atoms with Gasteiger partial charge in [0.15, 0.2) is 6.10 Å². The fourth-order valence-corrected chi connectivity index (χ4v) is 3.51.